The normalized spacial score (nSPS) is 39.9. The van der Waals surface area contributed by atoms with Gasteiger partial charge < -0.3 is 10.4 Å². The third-order valence-corrected chi connectivity index (χ3v) is 4.70. The van der Waals surface area contributed by atoms with Crippen molar-refractivity contribution < 1.29 is 5.11 Å². The molecular formula is C13H21NO. The van der Waals surface area contributed by atoms with Gasteiger partial charge in [0.1, 0.15) is 0 Å². The van der Waals surface area contributed by atoms with Gasteiger partial charge in [-0.25, -0.2) is 0 Å². The molecule has 0 saturated heterocycles. The number of aliphatic hydroxyl groups excluding tert-OH is 1. The summed E-state index contributed by atoms with van der Waals surface area (Å²) in [5.74, 6) is 1.78. The van der Waals surface area contributed by atoms with E-state index in [9.17, 15) is 0 Å². The Bertz CT molecular complexity index is 270. The lowest BCUT2D eigenvalue weighted by Gasteiger charge is -2.41. The lowest BCUT2D eigenvalue weighted by molar-refractivity contribution is 0.150. The molecule has 0 aromatic heterocycles. The molecule has 0 radical (unpaired) electrons. The second-order valence-electron chi connectivity index (χ2n) is 5.70. The minimum Gasteiger partial charge on any atom is -0.396 e. The molecule has 2 saturated carbocycles. The van der Waals surface area contributed by atoms with Crippen LogP contribution < -0.4 is 5.32 Å². The van der Waals surface area contributed by atoms with Crippen molar-refractivity contribution in [1.29, 1.82) is 0 Å². The minimum atomic E-state index is 0.359. The summed E-state index contributed by atoms with van der Waals surface area (Å²) in [6.07, 6.45) is 11.1. The SMILES string of the molecule is OCCC1(CNC2CC3CC=CC32)CC1. The number of rotatable bonds is 5. The summed E-state index contributed by atoms with van der Waals surface area (Å²) in [7, 11) is 0. The van der Waals surface area contributed by atoms with Gasteiger partial charge in [-0.05, 0) is 49.4 Å². The Kier molecular flexibility index (Phi) is 2.37. The van der Waals surface area contributed by atoms with Crippen LogP contribution in [-0.4, -0.2) is 24.3 Å². The standard InChI is InChI=1S/C13H21NO/c15-7-6-13(4-5-13)9-14-12-8-10-2-1-3-11(10)12/h1,3,10-12,14-15H,2,4-9H2. The molecule has 84 valence electrons. The van der Waals surface area contributed by atoms with E-state index in [1.807, 2.05) is 0 Å². The minimum absolute atomic E-state index is 0.359. The fourth-order valence-corrected chi connectivity index (χ4v) is 3.22. The van der Waals surface area contributed by atoms with Crippen molar-refractivity contribution in [3.63, 3.8) is 0 Å². The molecule has 3 atom stereocenters. The quantitative estimate of drug-likeness (QED) is 0.673. The van der Waals surface area contributed by atoms with Gasteiger partial charge in [0.05, 0.1) is 0 Å². The van der Waals surface area contributed by atoms with Crippen molar-refractivity contribution in [2.24, 2.45) is 17.3 Å². The monoisotopic (exact) mass is 207 g/mol. The van der Waals surface area contributed by atoms with Crippen LogP contribution in [0.4, 0.5) is 0 Å². The maximum atomic E-state index is 8.99. The van der Waals surface area contributed by atoms with E-state index in [2.05, 4.69) is 17.5 Å². The largest absolute Gasteiger partial charge is 0.396 e. The number of nitrogens with one attached hydrogen (secondary N) is 1. The molecule has 3 rings (SSSR count). The Morgan fingerprint density at radius 1 is 1.40 bits per heavy atom. The highest BCUT2D eigenvalue weighted by atomic mass is 16.3. The van der Waals surface area contributed by atoms with Crippen LogP contribution in [0.3, 0.4) is 0 Å². The summed E-state index contributed by atoms with van der Waals surface area (Å²) in [5, 5.41) is 12.7. The molecule has 3 unspecified atom stereocenters. The van der Waals surface area contributed by atoms with Crippen LogP contribution in [0.25, 0.3) is 0 Å². The first kappa shape index (κ1) is 9.86. The highest BCUT2D eigenvalue weighted by Gasteiger charge is 2.45. The van der Waals surface area contributed by atoms with Crippen LogP contribution in [0, 0.1) is 17.3 Å². The molecule has 2 N–H and O–H groups in total. The smallest absolute Gasteiger partial charge is 0.0436 e. The number of hydrogen-bond acceptors (Lipinski definition) is 2. The lowest BCUT2D eigenvalue weighted by Crippen LogP contribution is -2.49. The molecule has 0 heterocycles. The van der Waals surface area contributed by atoms with E-state index in [1.165, 1.54) is 25.7 Å². The first-order chi connectivity index (χ1) is 7.33. The third-order valence-electron chi connectivity index (χ3n) is 4.70. The van der Waals surface area contributed by atoms with Gasteiger partial charge in [-0.15, -0.1) is 0 Å². The van der Waals surface area contributed by atoms with Gasteiger partial charge in [0.15, 0.2) is 0 Å². The van der Waals surface area contributed by atoms with Crippen molar-refractivity contribution in [3.05, 3.63) is 12.2 Å². The third kappa shape index (κ3) is 1.74. The molecule has 0 aromatic rings. The fourth-order valence-electron chi connectivity index (χ4n) is 3.22. The number of aliphatic hydroxyl groups is 1. The summed E-state index contributed by atoms with van der Waals surface area (Å²) >= 11 is 0. The van der Waals surface area contributed by atoms with Gasteiger partial charge >= 0.3 is 0 Å². The lowest BCUT2D eigenvalue weighted by atomic mass is 9.71. The Morgan fingerprint density at radius 3 is 2.93 bits per heavy atom. The van der Waals surface area contributed by atoms with Crippen LogP contribution in [0.15, 0.2) is 12.2 Å². The zero-order valence-corrected chi connectivity index (χ0v) is 9.28. The predicted octanol–water partition coefficient (Wildman–Crippen LogP) is 1.70. The van der Waals surface area contributed by atoms with Crippen LogP contribution >= 0.6 is 0 Å². The van der Waals surface area contributed by atoms with Crippen molar-refractivity contribution in [3.8, 4) is 0 Å². The highest BCUT2D eigenvalue weighted by Crippen LogP contribution is 2.49. The number of fused-ring (bicyclic) bond motifs is 1. The Hall–Kier alpha value is -0.340. The van der Waals surface area contributed by atoms with Crippen molar-refractivity contribution >= 4 is 0 Å². The predicted molar refractivity (Wildman–Crippen MR) is 60.5 cm³/mol. The molecule has 0 aromatic carbocycles. The Balaban J connectivity index is 1.45. The zero-order chi connectivity index (χ0) is 10.3. The average Bonchev–Trinajstić information content (AvgIpc) is 2.86. The van der Waals surface area contributed by atoms with E-state index < -0.39 is 0 Å². The Morgan fingerprint density at radius 2 is 2.27 bits per heavy atom. The maximum Gasteiger partial charge on any atom is 0.0436 e. The topological polar surface area (TPSA) is 32.3 Å². The second-order valence-corrected chi connectivity index (χ2v) is 5.70. The summed E-state index contributed by atoms with van der Waals surface area (Å²) in [5.41, 5.74) is 0.474. The molecule has 0 amide bonds. The molecular weight excluding hydrogens is 186 g/mol. The molecule has 0 aliphatic heterocycles. The van der Waals surface area contributed by atoms with E-state index >= 15 is 0 Å². The molecule has 2 nitrogen and oxygen atoms in total. The summed E-state index contributed by atoms with van der Waals surface area (Å²) in [6, 6.07) is 0.741. The first-order valence-corrected chi connectivity index (χ1v) is 6.34. The summed E-state index contributed by atoms with van der Waals surface area (Å²) in [4.78, 5) is 0. The van der Waals surface area contributed by atoms with Crippen LogP contribution in [0.1, 0.15) is 32.1 Å². The van der Waals surface area contributed by atoms with Gasteiger partial charge in [0.25, 0.3) is 0 Å². The molecule has 2 fully saturated rings. The molecule has 3 aliphatic rings. The average molecular weight is 207 g/mol. The zero-order valence-electron chi connectivity index (χ0n) is 9.28. The van der Waals surface area contributed by atoms with Crippen molar-refractivity contribution in [2.75, 3.05) is 13.2 Å². The number of hydrogen-bond donors (Lipinski definition) is 2. The van der Waals surface area contributed by atoms with Crippen LogP contribution in [0.2, 0.25) is 0 Å². The molecule has 15 heavy (non-hydrogen) atoms. The molecule has 0 bridgehead atoms. The van der Waals surface area contributed by atoms with Gasteiger partial charge in [-0.2, -0.15) is 0 Å². The van der Waals surface area contributed by atoms with E-state index in [0.29, 0.717) is 12.0 Å². The van der Waals surface area contributed by atoms with Crippen LogP contribution in [0.5, 0.6) is 0 Å². The maximum absolute atomic E-state index is 8.99. The molecule has 0 spiro atoms. The van der Waals surface area contributed by atoms with Gasteiger partial charge in [-0.1, -0.05) is 12.2 Å². The van der Waals surface area contributed by atoms with Gasteiger partial charge in [0.2, 0.25) is 0 Å². The van der Waals surface area contributed by atoms with Crippen LogP contribution in [-0.2, 0) is 0 Å². The summed E-state index contributed by atoms with van der Waals surface area (Å²) in [6.45, 7) is 1.49. The van der Waals surface area contributed by atoms with Crippen molar-refractivity contribution in [1.82, 2.24) is 5.32 Å². The summed E-state index contributed by atoms with van der Waals surface area (Å²) < 4.78 is 0. The van der Waals surface area contributed by atoms with E-state index in [0.717, 1.165) is 30.8 Å². The van der Waals surface area contributed by atoms with Gasteiger partial charge in [-0.3, -0.25) is 0 Å². The highest BCUT2D eigenvalue weighted by molar-refractivity contribution is 5.13. The number of allylic oxidation sites excluding steroid dienone is 1. The second kappa shape index (κ2) is 3.60. The van der Waals surface area contributed by atoms with Gasteiger partial charge in [0, 0.05) is 19.2 Å². The van der Waals surface area contributed by atoms with E-state index in [1.54, 1.807) is 0 Å². The van der Waals surface area contributed by atoms with Crippen molar-refractivity contribution in [2.45, 2.75) is 38.1 Å². The fraction of sp³-hybridized carbons (Fsp3) is 0.846. The molecule has 3 aliphatic carbocycles. The first-order valence-electron chi connectivity index (χ1n) is 6.34. The van der Waals surface area contributed by atoms with E-state index in [-0.39, 0.29) is 0 Å². The molecule has 2 heteroatoms. The van der Waals surface area contributed by atoms with E-state index in [4.69, 9.17) is 5.11 Å². The Labute approximate surface area is 91.8 Å².